The monoisotopic (exact) mass is 487 g/mol. The predicted molar refractivity (Wildman–Crippen MR) is 128 cm³/mol. The van der Waals surface area contributed by atoms with Crippen molar-refractivity contribution < 1.29 is 19.2 Å². The van der Waals surface area contributed by atoms with E-state index in [0.29, 0.717) is 38.0 Å². The number of piperidine rings is 1. The van der Waals surface area contributed by atoms with Crippen molar-refractivity contribution in [3.63, 3.8) is 0 Å². The number of carbonyl (C=O) groups is 2. The first-order valence-corrected chi connectivity index (χ1v) is 12.2. The van der Waals surface area contributed by atoms with E-state index in [1.54, 1.807) is 34.6 Å². The molecule has 10 heteroatoms. The molecular formula is C24H30FN5O3S. The zero-order valence-corrected chi connectivity index (χ0v) is 19.8. The number of amides is 1. The number of hydrogen-bond acceptors (Lipinski definition) is 7. The molecule has 2 fully saturated rings. The summed E-state index contributed by atoms with van der Waals surface area (Å²) in [5, 5.41) is 16.8. The Morgan fingerprint density at radius 1 is 1.26 bits per heavy atom. The Kier molecular flexibility index (Phi) is 8.12. The molecule has 0 spiro atoms. The summed E-state index contributed by atoms with van der Waals surface area (Å²) in [4.78, 5) is 26.5. The number of unbranched alkanes of at least 4 members (excludes halogenated alkanes) is 1. The van der Waals surface area contributed by atoms with Gasteiger partial charge >= 0.3 is 0 Å². The van der Waals surface area contributed by atoms with E-state index < -0.39 is 11.9 Å². The molecule has 1 aromatic carbocycles. The third-order valence-corrected chi connectivity index (χ3v) is 7.04. The summed E-state index contributed by atoms with van der Waals surface area (Å²) in [7, 11) is 0. The van der Waals surface area contributed by atoms with Crippen molar-refractivity contribution in [1.82, 2.24) is 25.4 Å². The van der Waals surface area contributed by atoms with Crippen LogP contribution in [-0.4, -0.2) is 55.1 Å². The predicted octanol–water partition coefficient (Wildman–Crippen LogP) is 3.20. The highest BCUT2D eigenvalue weighted by molar-refractivity contribution is 7.81. The maximum absolute atomic E-state index is 14.7. The number of rotatable bonds is 10. The van der Waals surface area contributed by atoms with E-state index in [-0.39, 0.29) is 29.2 Å². The molecule has 1 amide bonds. The lowest BCUT2D eigenvalue weighted by Crippen LogP contribution is -2.42. The van der Waals surface area contributed by atoms with Crippen molar-refractivity contribution >= 4 is 30.4 Å². The number of hydroxylamine groups is 1. The first-order chi connectivity index (χ1) is 16.5. The highest BCUT2D eigenvalue weighted by Gasteiger charge is 2.40. The topological polar surface area (TPSA) is 100 Å². The van der Waals surface area contributed by atoms with Crippen LogP contribution in [-0.2, 0) is 16.1 Å². The largest absolute Gasteiger partial charge is 0.297 e. The second-order valence-electron chi connectivity index (χ2n) is 8.97. The minimum absolute atomic E-state index is 0.0179. The number of likely N-dealkylation sites (tertiary alicyclic amines) is 1. The molecular weight excluding hydrogens is 457 g/mol. The van der Waals surface area contributed by atoms with E-state index in [4.69, 9.17) is 17.8 Å². The summed E-state index contributed by atoms with van der Waals surface area (Å²) < 4.78 is 16.5. The molecule has 1 aromatic heterocycles. The fraction of sp³-hybridized carbons (Fsp3) is 0.500. The molecule has 2 atom stereocenters. The van der Waals surface area contributed by atoms with Gasteiger partial charge in [-0.05, 0) is 49.8 Å². The van der Waals surface area contributed by atoms with Gasteiger partial charge in [0.05, 0.1) is 17.9 Å². The Morgan fingerprint density at radius 2 is 2.06 bits per heavy atom. The Morgan fingerprint density at radius 3 is 2.79 bits per heavy atom. The number of carbonyl (C=O) groups excluding carboxylic acids is 2. The number of halogens is 1. The van der Waals surface area contributed by atoms with E-state index in [1.165, 1.54) is 6.07 Å². The van der Waals surface area contributed by atoms with Crippen LogP contribution in [0.5, 0.6) is 0 Å². The maximum Gasteiger partial charge on any atom is 0.243 e. The number of aryl methyl sites for hydroxylation is 1. The standard InChI is InChI=1S/C24H30FN5O3S/c25-20-6-2-1-5-19(20)23(24(32)16-8-9-16)29-12-10-21(34)17(15-29)13-18-14-26-28-30(18)11-4-3-7-22(31)27-33/h1-2,5-6,13-14,16,21,23,33-34H,3-4,7-12,15H2,(H,27,31). The van der Waals surface area contributed by atoms with Gasteiger partial charge in [0.2, 0.25) is 5.91 Å². The molecule has 8 nitrogen and oxygen atoms in total. The fourth-order valence-electron chi connectivity index (χ4n) is 4.42. The van der Waals surface area contributed by atoms with Crippen LogP contribution in [0.2, 0.25) is 0 Å². The average Bonchev–Trinajstić information content (AvgIpc) is 3.60. The summed E-state index contributed by atoms with van der Waals surface area (Å²) in [6.07, 6.45) is 7.73. The van der Waals surface area contributed by atoms with Crippen molar-refractivity contribution in [3.8, 4) is 0 Å². The van der Waals surface area contributed by atoms with Crippen LogP contribution in [0, 0.1) is 11.7 Å². The van der Waals surface area contributed by atoms with E-state index in [9.17, 15) is 14.0 Å². The molecule has 1 saturated heterocycles. The molecule has 2 aliphatic rings. The van der Waals surface area contributed by atoms with E-state index >= 15 is 0 Å². The summed E-state index contributed by atoms with van der Waals surface area (Å²) in [5.41, 5.74) is 3.92. The number of Topliss-reactive ketones (excluding diaryl/α,β-unsaturated/α-hetero) is 1. The molecule has 2 aromatic rings. The minimum atomic E-state index is -0.598. The third kappa shape index (κ3) is 5.92. The number of thiol groups is 1. The van der Waals surface area contributed by atoms with Gasteiger partial charge in [-0.15, -0.1) is 5.10 Å². The highest BCUT2D eigenvalue weighted by Crippen LogP contribution is 2.39. The van der Waals surface area contributed by atoms with Crippen LogP contribution in [0.1, 0.15) is 55.8 Å². The average molecular weight is 488 g/mol. The van der Waals surface area contributed by atoms with Gasteiger partial charge in [0.25, 0.3) is 0 Å². The van der Waals surface area contributed by atoms with Crippen molar-refractivity contribution in [2.45, 2.75) is 56.4 Å². The Bertz CT molecular complexity index is 1050. The van der Waals surface area contributed by atoms with Gasteiger partial charge in [-0.1, -0.05) is 23.4 Å². The fourth-order valence-corrected chi connectivity index (χ4v) is 4.69. The Labute approximate surface area is 203 Å². The van der Waals surface area contributed by atoms with Gasteiger partial charge in [-0.25, -0.2) is 14.6 Å². The molecule has 2 heterocycles. The van der Waals surface area contributed by atoms with Crippen LogP contribution in [0.4, 0.5) is 4.39 Å². The molecule has 2 N–H and O–H groups in total. The van der Waals surface area contributed by atoms with Gasteiger partial charge in [0, 0.05) is 42.8 Å². The number of ketones is 1. The lowest BCUT2D eigenvalue weighted by molar-refractivity contribution is -0.129. The SMILES string of the molecule is O=C(CCCCn1nncc1C=C1CN(C(C(=O)C2CC2)c2ccccc2F)CCC1S)NO. The zero-order chi connectivity index (χ0) is 24.1. The first kappa shape index (κ1) is 24.6. The van der Waals surface area contributed by atoms with Crippen molar-refractivity contribution in [2.24, 2.45) is 5.92 Å². The summed E-state index contributed by atoms with van der Waals surface area (Å²) in [6.45, 7) is 1.75. The molecule has 4 rings (SSSR count). The Balaban J connectivity index is 1.50. The second-order valence-corrected chi connectivity index (χ2v) is 9.59. The van der Waals surface area contributed by atoms with E-state index in [0.717, 1.165) is 30.5 Å². The molecule has 0 bridgehead atoms. The summed E-state index contributed by atoms with van der Waals surface area (Å²) in [6, 6.07) is 5.96. The maximum atomic E-state index is 14.7. The second kappa shape index (κ2) is 11.2. The lowest BCUT2D eigenvalue weighted by Gasteiger charge is -2.37. The van der Waals surface area contributed by atoms with Crippen LogP contribution in [0.3, 0.4) is 0 Å². The van der Waals surface area contributed by atoms with E-state index in [2.05, 4.69) is 15.2 Å². The number of aromatic nitrogens is 3. The van der Waals surface area contributed by atoms with Crippen LogP contribution >= 0.6 is 12.6 Å². The molecule has 1 aliphatic carbocycles. The van der Waals surface area contributed by atoms with Gasteiger partial charge in [-0.3, -0.25) is 19.7 Å². The van der Waals surface area contributed by atoms with E-state index in [1.807, 2.05) is 6.08 Å². The minimum Gasteiger partial charge on any atom is -0.297 e. The van der Waals surface area contributed by atoms with Gasteiger partial charge in [0.15, 0.2) is 5.78 Å². The van der Waals surface area contributed by atoms with Crippen LogP contribution in [0.15, 0.2) is 36.0 Å². The first-order valence-electron chi connectivity index (χ1n) is 11.7. The van der Waals surface area contributed by atoms with Gasteiger partial charge in [-0.2, -0.15) is 12.6 Å². The third-order valence-electron chi connectivity index (χ3n) is 6.45. The number of nitrogens with one attached hydrogen (secondary N) is 1. The number of nitrogens with zero attached hydrogens (tertiary/aromatic N) is 4. The van der Waals surface area contributed by atoms with Crippen molar-refractivity contribution in [3.05, 3.63) is 53.1 Å². The highest BCUT2D eigenvalue weighted by atomic mass is 32.1. The van der Waals surface area contributed by atoms with Crippen molar-refractivity contribution in [2.75, 3.05) is 13.1 Å². The molecule has 1 saturated carbocycles. The van der Waals surface area contributed by atoms with Crippen LogP contribution < -0.4 is 5.48 Å². The quantitative estimate of drug-likeness (QED) is 0.206. The number of benzene rings is 1. The Hall–Kier alpha value is -2.56. The smallest absolute Gasteiger partial charge is 0.243 e. The van der Waals surface area contributed by atoms with Crippen LogP contribution in [0.25, 0.3) is 6.08 Å². The van der Waals surface area contributed by atoms with Crippen molar-refractivity contribution in [1.29, 1.82) is 0 Å². The van der Waals surface area contributed by atoms with Gasteiger partial charge in [0.1, 0.15) is 5.82 Å². The lowest BCUT2D eigenvalue weighted by atomic mass is 9.93. The normalized spacial score (nSPS) is 20.9. The molecule has 182 valence electrons. The number of hydrogen-bond donors (Lipinski definition) is 3. The molecule has 2 unspecified atom stereocenters. The molecule has 34 heavy (non-hydrogen) atoms. The summed E-state index contributed by atoms with van der Waals surface area (Å²) >= 11 is 4.77. The summed E-state index contributed by atoms with van der Waals surface area (Å²) in [5.74, 6) is -0.645. The zero-order valence-electron chi connectivity index (χ0n) is 18.9. The van der Waals surface area contributed by atoms with Gasteiger partial charge < -0.3 is 0 Å². The molecule has 1 aliphatic heterocycles. The molecule has 0 radical (unpaired) electrons.